The van der Waals surface area contributed by atoms with Crippen LogP contribution >= 0.6 is 15.9 Å². The van der Waals surface area contributed by atoms with Gasteiger partial charge in [-0.25, -0.2) is 0 Å². The van der Waals surface area contributed by atoms with Crippen LogP contribution in [0, 0.1) is 0 Å². The van der Waals surface area contributed by atoms with Gasteiger partial charge in [0.15, 0.2) is 0 Å². The van der Waals surface area contributed by atoms with Crippen LogP contribution in [0.15, 0.2) is 11.1 Å². The second-order valence-electron chi connectivity index (χ2n) is 5.03. The zero-order valence-corrected chi connectivity index (χ0v) is 12.1. The highest BCUT2D eigenvalue weighted by molar-refractivity contribution is 9.11. The summed E-state index contributed by atoms with van der Waals surface area (Å²) in [6.45, 7) is 11.6. The van der Waals surface area contributed by atoms with Gasteiger partial charge in [-0.3, -0.25) is 9.80 Å². The number of ether oxygens (including phenoxy) is 1. The standard InChI is InChI=1S/C13H23BrN2O/c1-12(14)11-15-5-2-6-16(8-7-15)13-3-9-17-10-4-13/h13H,1-11H2. The molecule has 2 aliphatic heterocycles. The molecule has 0 bridgehead atoms. The van der Waals surface area contributed by atoms with E-state index < -0.39 is 0 Å². The van der Waals surface area contributed by atoms with Crippen LogP contribution in [0.4, 0.5) is 0 Å². The van der Waals surface area contributed by atoms with Gasteiger partial charge in [0.25, 0.3) is 0 Å². The van der Waals surface area contributed by atoms with E-state index >= 15 is 0 Å². The molecule has 4 heteroatoms. The van der Waals surface area contributed by atoms with Crippen molar-refractivity contribution >= 4 is 15.9 Å². The molecule has 0 saturated carbocycles. The normalized spacial score (nSPS) is 25.7. The highest BCUT2D eigenvalue weighted by Crippen LogP contribution is 2.17. The Hall–Kier alpha value is 0.1000. The van der Waals surface area contributed by atoms with E-state index in [4.69, 9.17) is 4.74 Å². The number of halogens is 1. The lowest BCUT2D eigenvalue weighted by atomic mass is 10.1. The van der Waals surface area contributed by atoms with Gasteiger partial charge in [0, 0.05) is 43.4 Å². The van der Waals surface area contributed by atoms with Crippen LogP contribution < -0.4 is 0 Å². The monoisotopic (exact) mass is 302 g/mol. The van der Waals surface area contributed by atoms with Crippen LogP contribution in [0.3, 0.4) is 0 Å². The highest BCUT2D eigenvalue weighted by Gasteiger charge is 2.23. The van der Waals surface area contributed by atoms with Crippen molar-refractivity contribution in [1.29, 1.82) is 0 Å². The minimum atomic E-state index is 0.760. The van der Waals surface area contributed by atoms with E-state index in [0.717, 1.165) is 30.3 Å². The molecule has 2 fully saturated rings. The Labute approximate surface area is 113 Å². The summed E-state index contributed by atoms with van der Waals surface area (Å²) in [5.74, 6) is 0. The van der Waals surface area contributed by atoms with Gasteiger partial charge in [-0.05, 0) is 32.4 Å². The number of hydrogen-bond donors (Lipinski definition) is 0. The van der Waals surface area contributed by atoms with E-state index in [2.05, 4.69) is 32.3 Å². The van der Waals surface area contributed by atoms with Crippen LogP contribution in [0.5, 0.6) is 0 Å². The highest BCUT2D eigenvalue weighted by atomic mass is 79.9. The molecule has 0 aromatic carbocycles. The van der Waals surface area contributed by atoms with Crippen molar-refractivity contribution in [2.24, 2.45) is 0 Å². The molecule has 0 aromatic rings. The fourth-order valence-electron chi connectivity index (χ4n) is 2.81. The van der Waals surface area contributed by atoms with Gasteiger partial charge in [-0.1, -0.05) is 22.5 Å². The predicted molar refractivity (Wildman–Crippen MR) is 74.5 cm³/mol. The summed E-state index contributed by atoms with van der Waals surface area (Å²) in [5.41, 5.74) is 0. The molecule has 0 unspecified atom stereocenters. The first-order chi connectivity index (χ1) is 8.25. The summed E-state index contributed by atoms with van der Waals surface area (Å²) in [6, 6.07) is 0.760. The van der Waals surface area contributed by atoms with Gasteiger partial charge in [0.1, 0.15) is 0 Å². The van der Waals surface area contributed by atoms with Crippen molar-refractivity contribution in [1.82, 2.24) is 9.80 Å². The molecule has 0 spiro atoms. The zero-order chi connectivity index (χ0) is 12.1. The maximum atomic E-state index is 5.44. The molecule has 17 heavy (non-hydrogen) atoms. The topological polar surface area (TPSA) is 15.7 Å². The Bertz CT molecular complexity index is 254. The Kier molecular flexibility index (Phi) is 5.48. The minimum absolute atomic E-state index is 0.760. The minimum Gasteiger partial charge on any atom is -0.381 e. The third-order valence-electron chi connectivity index (χ3n) is 3.73. The van der Waals surface area contributed by atoms with Crippen molar-refractivity contribution in [2.45, 2.75) is 25.3 Å². The molecule has 0 radical (unpaired) electrons. The number of rotatable bonds is 3. The van der Waals surface area contributed by atoms with E-state index in [9.17, 15) is 0 Å². The summed E-state index contributed by atoms with van der Waals surface area (Å²) in [7, 11) is 0. The lowest BCUT2D eigenvalue weighted by Crippen LogP contribution is -2.41. The average Bonchev–Trinajstić information content (AvgIpc) is 2.55. The van der Waals surface area contributed by atoms with E-state index in [-0.39, 0.29) is 0 Å². The summed E-state index contributed by atoms with van der Waals surface area (Å²) in [6.07, 6.45) is 3.70. The van der Waals surface area contributed by atoms with Crippen LogP contribution in [-0.4, -0.2) is 61.8 Å². The molecule has 2 aliphatic rings. The second-order valence-corrected chi connectivity index (χ2v) is 6.15. The first kappa shape index (κ1) is 13.5. The molecule has 98 valence electrons. The van der Waals surface area contributed by atoms with Gasteiger partial charge in [0.2, 0.25) is 0 Å². The molecule has 0 N–H and O–H groups in total. The smallest absolute Gasteiger partial charge is 0.0480 e. The van der Waals surface area contributed by atoms with E-state index in [1.54, 1.807) is 0 Å². The molecule has 0 aliphatic carbocycles. The Morgan fingerprint density at radius 1 is 1.18 bits per heavy atom. The third-order valence-corrected chi connectivity index (χ3v) is 3.98. The third kappa shape index (κ3) is 4.36. The fraction of sp³-hybridized carbons (Fsp3) is 0.846. The van der Waals surface area contributed by atoms with Gasteiger partial charge >= 0.3 is 0 Å². The largest absolute Gasteiger partial charge is 0.381 e. The van der Waals surface area contributed by atoms with Crippen molar-refractivity contribution in [3.8, 4) is 0 Å². The van der Waals surface area contributed by atoms with Gasteiger partial charge < -0.3 is 4.74 Å². The zero-order valence-electron chi connectivity index (χ0n) is 10.5. The maximum absolute atomic E-state index is 5.44. The Morgan fingerprint density at radius 3 is 2.65 bits per heavy atom. The first-order valence-electron chi connectivity index (χ1n) is 6.63. The van der Waals surface area contributed by atoms with Gasteiger partial charge in [-0.15, -0.1) is 0 Å². The first-order valence-corrected chi connectivity index (χ1v) is 7.42. The van der Waals surface area contributed by atoms with Crippen molar-refractivity contribution in [3.05, 3.63) is 11.1 Å². The second kappa shape index (κ2) is 6.88. The summed E-state index contributed by atoms with van der Waals surface area (Å²) >= 11 is 3.46. The average molecular weight is 303 g/mol. The van der Waals surface area contributed by atoms with E-state index in [1.165, 1.54) is 45.4 Å². The van der Waals surface area contributed by atoms with Crippen molar-refractivity contribution in [3.63, 3.8) is 0 Å². The maximum Gasteiger partial charge on any atom is 0.0480 e. The van der Waals surface area contributed by atoms with Gasteiger partial charge in [0.05, 0.1) is 0 Å². The number of nitrogens with zero attached hydrogens (tertiary/aromatic N) is 2. The molecule has 3 nitrogen and oxygen atoms in total. The van der Waals surface area contributed by atoms with E-state index in [1.807, 2.05) is 0 Å². The molecule has 2 heterocycles. The quantitative estimate of drug-likeness (QED) is 0.794. The summed E-state index contributed by atoms with van der Waals surface area (Å²) in [4.78, 5) is 5.16. The van der Waals surface area contributed by atoms with Crippen LogP contribution in [-0.2, 0) is 4.74 Å². The number of hydrogen-bond acceptors (Lipinski definition) is 3. The SMILES string of the molecule is C=C(Br)CN1CCCN(C2CCOCC2)CC1. The summed E-state index contributed by atoms with van der Waals surface area (Å²) < 4.78 is 6.54. The molecule has 0 aromatic heterocycles. The van der Waals surface area contributed by atoms with Crippen LogP contribution in [0.1, 0.15) is 19.3 Å². The molecule has 2 saturated heterocycles. The molecular weight excluding hydrogens is 280 g/mol. The summed E-state index contributed by atoms with van der Waals surface area (Å²) in [5, 5.41) is 0. The lowest BCUT2D eigenvalue weighted by molar-refractivity contribution is 0.0355. The van der Waals surface area contributed by atoms with Crippen molar-refractivity contribution < 1.29 is 4.74 Å². The fourth-order valence-corrected chi connectivity index (χ4v) is 3.16. The van der Waals surface area contributed by atoms with Crippen molar-refractivity contribution in [2.75, 3.05) is 45.9 Å². The van der Waals surface area contributed by atoms with Crippen LogP contribution in [0.2, 0.25) is 0 Å². The van der Waals surface area contributed by atoms with Gasteiger partial charge in [-0.2, -0.15) is 0 Å². The van der Waals surface area contributed by atoms with Crippen LogP contribution in [0.25, 0.3) is 0 Å². The molecule has 0 amide bonds. The lowest BCUT2D eigenvalue weighted by Gasteiger charge is -2.33. The molecule has 2 rings (SSSR count). The Morgan fingerprint density at radius 2 is 1.94 bits per heavy atom. The Balaban J connectivity index is 1.80. The van der Waals surface area contributed by atoms with E-state index in [0.29, 0.717) is 0 Å². The molecular formula is C13H23BrN2O. The predicted octanol–water partition coefficient (Wildman–Crippen LogP) is 2.08. The molecule has 0 atom stereocenters.